The van der Waals surface area contributed by atoms with Crippen LogP contribution in [0.25, 0.3) is 0 Å². The molecule has 2 unspecified atom stereocenters. The van der Waals surface area contributed by atoms with Crippen LogP contribution in [0.2, 0.25) is 36.3 Å². The van der Waals surface area contributed by atoms with Crippen molar-refractivity contribution in [1.29, 1.82) is 0 Å². The quantitative estimate of drug-likeness (QED) is 0.172. The Balaban J connectivity index is 1.79. The van der Waals surface area contributed by atoms with Gasteiger partial charge in [-0.15, -0.1) is 0 Å². The van der Waals surface area contributed by atoms with Gasteiger partial charge < -0.3 is 18.3 Å². The Bertz CT molecular complexity index is 987. The summed E-state index contributed by atoms with van der Waals surface area (Å²) in [4.78, 5) is 0. The van der Waals surface area contributed by atoms with Gasteiger partial charge in [-0.25, -0.2) is 0 Å². The molecule has 0 saturated heterocycles. The van der Waals surface area contributed by atoms with E-state index >= 15 is 0 Å². The SMILES string of the molecule is C=C1C[C@@]23C(CC[C@@H]1[C@@H]2O[Si](C)(C)C(C)(C)C)C1(C)CCC(O[Si](C)(C)C(C)(C)C)=C(C)[C@H]1C[C@H]3OCOC. The zero-order chi connectivity index (χ0) is 29.4. The minimum absolute atomic E-state index is 0.0304. The fraction of sp³-hybridized carbons (Fsp3) is 0.879. The number of fused-ring (bicyclic) bond motifs is 3. The van der Waals surface area contributed by atoms with Crippen molar-refractivity contribution >= 4 is 16.6 Å². The van der Waals surface area contributed by atoms with Crippen molar-refractivity contribution in [1.82, 2.24) is 0 Å². The number of methoxy groups -OCH3 is 1. The molecule has 0 aromatic heterocycles. The summed E-state index contributed by atoms with van der Waals surface area (Å²) in [5.41, 5.74) is 3.06. The molecule has 3 fully saturated rings. The number of allylic oxidation sites excluding steroid dienone is 2. The van der Waals surface area contributed by atoms with Crippen molar-refractivity contribution in [3.8, 4) is 0 Å². The van der Waals surface area contributed by atoms with Crippen molar-refractivity contribution in [3.05, 3.63) is 23.5 Å². The molecular weight excluding hydrogens is 517 g/mol. The van der Waals surface area contributed by atoms with Crippen LogP contribution in [0.4, 0.5) is 0 Å². The average molecular weight is 577 g/mol. The second-order valence-corrected chi connectivity index (χ2v) is 26.3. The predicted octanol–water partition coefficient (Wildman–Crippen LogP) is 9.45. The minimum Gasteiger partial charge on any atom is -0.547 e. The van der Waals surface area contributed by atoms with Crippen LogP contribution >= 0.6 is 0 Å². The third-order valence-electron chi connectivity index (χ3n) is 12.7. The molecule has 6 heteroatoms. The Morgan fingerprint density at radius 2 is 1.59 bits per heavy atom. The van der Waals surface area contributed by atoms with Gasteiger partial charge in [0.1, 0.15) is 6.79 Å². The Morgan fingerprint density at radius 1 is 0.974 bits per heavy atom. The van der Waals surface area contributed by atoms with Crippen molar-refractivity contribution in [2.24, 2.45) is 28.6 Å². The maximum atomic E-state index is 7.47. The van der Waals surface area contributed by atoms with E-state index in [0.29, 0.717) is 24.5 Å². The first-order valence-electron chi connectivity index (χ1n) is 15.6. The third kappa shape index (κ3) is 5.00. The van der Waals surface area contributed by atoms with Crippen LogP contribution in [-0.4, -0.2) is 42.7 Å². The Kier molecular flexibility index (Phi) is 8.17. The van der Waals surface area contributed by atoms with E-state index in [9.17, 15) is 0 Å². The van der Waals surface area contributed by atoms with Gasteiger partial charge in [-0.1, -0.05) is 60.6 Å². The first-order chi connectivity index (χ1) is 17.7. The molecule has 3 saturated carbocycles. The summed E-state index contributed by atoms with van der Waals surface area (Å²) in [6, 6.07) is 0. The van der Waals surface area contributed by atoms with Crippen LogP contribution in [0.3, 0.4) is 0 Å². The maximum absolute atomic E-state index is 7.47. The Hall–Kier alpha value is -0.406. The largest absolute Gasteiger partial charge is 0.547 e. The highest BCUT2D eigenvalue weighted by Gasteiger charge is 2.70. The lowest BCUT2D eigenvalue weighted by atomic mass is 9.43. The van der Waals surface area contributed by atoms with E-state index in [4.69, 9.17) is 18.3 Å². The number of rotatable bonds is 7. The summed E-state index contributed by atoms with van der Waals surface area (Å²) in [6.45, 7) is 33.7. The smallest absolute Gasteiger partial charge is 0.250 e. The average Bonchev–Trinajstić information content (AvgIpc) is 2.94. The summed E-state index contributed by atoms with van der Waals surface area (Å²) >= 11 is 0. The van der Waals surface area contributed by atoms with Crippen LogP contribution in [0.5, 0.6) is 0 Å². The predicted molar refractivity (Wildman–Crippen MR) is 168 cm³/mol. The molecule has 4 nitrogen and oxygen atoms in total. The topological polar surface area (TPSA) is 36.9 Å². The minimum atomic E-state index is -2.00. The Morgan fingerprint density at radius 3 is 2.15 bits per heavy atom. The van der Waals surface area contributed by atoms with Gasteiger partial charge >= 0.3 is 0 Å². The fourth-order valence-electron chi connectivity index (χ4n) is 8.36. The van der Waals surface area contributed by atoms with E-state index in [2.05, 4.69) is 88.2 Å². The molecule has 39 heavy (non-hydrogen) atoms. The van der Waals surface area contributed by atoms with E-state index in [1.165, 1.54) is 36.2 Å². The van der Waals surface area contributed by atoms with E-state index in [0.717, 1.165) is 19.3 Å². The van der Waals surface area contributed by atoms with Crippen LogP contribution in [0.15, 0.2) is 23.5 Å². The van der Waals surface area contributed by atoms with E-state index < -0.39 is 16.6 Å². The van der Waals surface area contributed by atoms with E-state index in [-0.39, 0.29) is 33.1 Å². The molecule has 7 atom stereocenters. The van der Waals surface area contributed by atoms with Gasteiger partial charge in [0.25, 0.3) is 0 Å². The second kappa shape index (κ2) is 10.1. The monoisotopic (exact) mass is 576 g/mol. The molecule has 4 aliphatic carbocycles. The molecular formula is C33H60O4Si2. The molecule has 4 rings (SSSR count). The van der Waals surface area contributed by atoms with Gasteiger partial charge in [-0.2, -0.15) is 0 Å². The molecule has 4 aliphatic rings. The number of ether oxygens (including phenoxy) is 2. The molecule has 2 bridgehead atoms. The molecule has 0 radical (unpaired) electrons. The van der Waals surface area contributed by atoms with Gasteiger partial charge in [0, 0.05) is 24.9 Å². The third-order valence-corrected chi connectivity index (χ3v) is 21.5. The van der Waals surface area contributed by atoms with Gasteiger partial charge in [-0.05, 0) is 98.1 Å². The standard InChI is InChI=1S/C33H60O4Si2/c1-22-20-33-27(16-15-24(22)29(33)37-39(13,14)31(6,7)8)32(9)18-17-26(36-38(11,12)30(3,4)5)23(2)25(32)19-28(33)35-21-34-10/h24-25,27-29H,1,15-21H2,2-14H3/t24-,25+,27?,28+,29-,32?,33-/m0/s1. The van der Waals surface area contributed by atoms with Crippen LogP contribution in [0, 0.1) is 28.6 Å². The van der Waals surface area contributed by atoms with Gasteiger partial charge in [-0.3, -0.25) is 0 Å². The van der Waals surface area contributed by atoms with Gasteiger partial charge in [0.15, 0.2) is 8.32 Å². The highest BCUT2D eigenvalue weighted by atomic mass is 28.4. The van der Waals surface area contributed by atoms with Crippen molar-refractivity contribution in [2.75, 3.05) is 13.9 Å². The van der Waals surface area contributed by atoms with Gasteiger partial charge in [0.05, 0.1) is 18.0 Å². The number of hydrogen-bond acceptors (Lipinski definition) is 4. The molecule has 224 valence electrons. The van der Waals surface area contributed by atoms with E-state index in [1.807, 2.05) is 0 Å². The maximum Gasteiger partial charge on any atom is 0.250 e. The molecule has 0 aromatic carbocycles. The summed E-state index contributed by atoms with van der Waals surface area (Å²) < 4.78 is 26.8. The molecule has 0 heterocycles. The molecule has 0 N–H and O–H groups in total. The summed E-state index contributed by atoms with van der Waals surface area (Å²) in [5, 5.41) is 0.361. The fourth-order valence-corrected chi connectivity index (χ4v) is 10.9. The molecule has 0 amide bonds. The summed E-state index contributed by atoms with van der Waals surface area (Å²) in [7, 11) is -2.15. The van der Waals surface area contributed by atoms with Crippen LogP contribution in [-0.2, 0) is 18.3 Å². The highest BCUT2D eigenvalue weighted by Crippen LogP contribution is 2.72. The number of hydrogen-bond donors (Lipinski definition) is 0. The first kappa shape index (κ1) is 31.5. The lowest BCUT2D eigenvalue weighted by molar-refractivity contribution is -0.232. The van der Waals surface area contributed by atoms with Crippen molar-refractivity contribution in [3.63, 3.8) is 0 Å². The van der Waals surface area contributed by atoms with Crippen LogP contribution < -0.4 is 0 Å². The molecule has 0 aliphatic heterocycles. The zero-order valence-electron chi connectivity index (χ0n) is 27.7. The van der Waals surface area contributed by atoms with Crippen molar-refractivity contribution in [2.45, 2.75) is 142 Å². The molecule has 1 spiro atoms. The Labute approximate surface area is 242 Å². The summed E-state index contributed by atoms with van der Waals surface area (Å²) in [6.07, 6.45) is 7.02. The van der Waals surface area contributed by atoms with Crippen molar-refractivity contribution < 1.29 is 18.3 Å². The summed E-state index contributed by atoms with van der Waals surface area (Å²) in [5.74, 6) is 2.73. The lowest BCUT2D eigenvalue weighted by Crippen LogP contribution is -2.65. The van der Waals surface area contributed by atoms with Gasteiger partial charge in [0.2, 0.25) is 8.32 Å². The van der Waals surface area contributed by atoms with Crippen LogP contribution in [0.1, 0.15) is 93.9 Å². The van der Waals surface area contributed by atoms with E-state index in [1.54, 1.807) is 7.11 Å². The molecule has 0 aromatic rings. The lowest BCUT2D eigenvalue weighted by Gasteiger charge is -2.65. The highest BCUT2D eigenvalue weighted by molar-refractivity contribution is 6.74. The zero-order valence-corrected chi connectivity index (χ0v) is 29.7. The normalized spacial score (nSPS) is 37.6. The first-order valence-corrected chi connectivity index (χ1v) is 21.4. The second-order valence-electron chi connectivity index (χ2n) is 16.8.